The molecule has 0 amide bonds. The van der Waals surface area contributed by atoms with Crippen molar-refractivity contribution in [2.45, 2.75) is 86.2 Å². The van der Waals surface area contributed by atoms with Gasteiger partial charge in [-0.05, 0) is 6.42 Å². The van der Waals surface area contributed by atoms with E-state index in [1.54, 1.807) is 0 Å². The van der Waals surface area contributed by atoms with Crippen molar-refractivity contribution >= 4 is 0 Å². The van der Waals surface area contributed by atoms with Crippen LogP contribution in [0.3, 0.4) is 0 Å². The zero-order chi connectivity index (χ0) is 31.4. The molecule has 0 fully saturated rings. The van der Waals surface area contributed by atoms with E-state index in [4.69, 9.17) is 0 Å². The summed E-state index contributed by atoms with van der Waals surface area (Å²) in [4.78, 5) is -3.56. The standard InChI is InChI=1S/C15H11F22N/c1-2-3-4-5-38(14(34,35)10(24,25)6(16,17)8(20,21)12(28,29)30)15(36,37)11(26,27)7(18,19)9(22,23)13(31,32)33/h2-5H2,1H3. The molecule has 0 saturated carbocycles. The van der Waals surface area contributed by atoms with Gasteiger partial charge >= 0.3 is 60.0 Å². The van der Waals surface area contributed by atoms with Gasteiger partial charge in [0.25, 0.3) is 0 Å². The molecule has 230 valence electrons. The first kappa shape index (κ1) is 36.4. The van der Waals surface area contributed by atoms with Crippen LogP contribution in [0.25, 0.3) is 0 Å². The Morgan fingerprint density at radius 1 is 0.368 bits per heavy atom. The maximum atomic E-state index is 14.2. The minimum absolute atomic E-state index is 0.442. The second kappa shape index (κ2) is 9.81. The number of hydrogen-bond acceptors (Lipinski definition) is 1. The largest absolute Gasteiger partial charge is 0.460 e. The van der Waals surface area contributed by atoms with E-state index in [1.165, 1.54) is 0 Å². The lowest BCUT2D eigenvalue weighted by atomic mass is 9.97. The quantitative estimate of drug-likeness (QED) is 0.120. The minimum Gasteiger partial charge on any atom is -0.192 e. The van der Waals surface area contributed by atoms with Crippen LogP contribution < -0.4 is 0 Å². The van der Waals surface area contributed by atoms with Crippen molar-refractivity contribution < 1.29 is 96.6 Å². The Morgan fingerprint density at radius 2 is 0.632 bits per heavy atom. The third-order valence-electron chi connectivity index (χ3n) is 4.71. The molecule has 38 heavy (non-hydrogen) atoms. The van der Waals surface area contributed by atoms with E-state index in [9.17, 15) is 96.6 Å². The highest BCUT2D eigenvalue weighted by Gasteiger charge is 2.93. The van der Waals surface area contributed by atoms with Gasteiger partial charge in [0.1, 0.15) is 0 Å². The molecule has 0 N–H and O–H groups in total. The highest BCUT2D eigenvalue weighted by atomic mass is 19.4. The van der Waals surface area contributed by atoms with Crippen LogP contribution in [0.5, 0.6) is 0 Å². The molecular weight excluding hydrogens is 612 g/mol. The van der Waals surface area contributed by atoms with Crippen molar-refractivity contribution in [3.63, 3.8) is 0 Å². The molecule has 0 atom stereocenters. The summed E-state index contributed by atoms with van der Waals surface area (Å²) < 4.78 is 290. The van der Waals surface area contributed by atoms with Crippen molar-refractivity contribution in [3.8, 4) is 0 Å². The van der Waals surface area contributed by atoms with Gasteiger partial charge in [0, 0.05) is 6.54 Å². The molecule has 0 aromatic carbocycles. The maximum Gasteiger partial charge on any atom is 0.460 e. The SMILES string of the molecule is CCCCCN(C(F)(F)C(F)(F)C(F)(F)C(F)(F)C(F)(F)F)C(F)(F)C(F)(F)C(F)(F)C(F)(F)C(F)(F)F. The van der Waals surface area contributed by atoms with Gasteiger partial charge in [0.15, 0.2) is 0 Å². The van der Waals surface area contributed by atoms with Crippen molar-refractivity contribution in [2.24, 2.45) is 0 Å². The van der Waals surface area contributed by atoms with Gasteiger partial charge in [-0.1, -0.05) is 19.8 Å². The summed E-state index contributed by atoms with van der Waals surface area (Å²) in [5.41, 5.74) is 0. The molecular formula is C15H11F22N. The second-order valence-corrected chi connectivity index (χ2v) is 7.38. The number of halogens is 22. The van der Waals surface area contributed by atoms with Gasteiger partial charge in [-0.15, -0.1) is 0 Å². The van der Waals surface area contributed by atoms with Crippen LogP contribution in [-0.4, -0.2) is 71.4 Å². The van der Waals surface area contributed by atoms with E-state index >= 15 is 0 Å². The van der Waals surface area contributed by atoms with Crippen LogP contribution in [0.1, 0.15) is 26.2 Å². The number of nitrogens with zero attached hydrogens (tertiary/aromatic N) is 1. The smallest absolute Gasteiger partial charge is 0.192 e. The Balaban J connectivity index is 7.30. The summed E-state index contributed by atoms with van der Waals surface area (Å²) in [6.07, 6.45) is -18.8. The highest BCUT2D eigenvalue weighted by molar-refractivity contribution is 5.11. The van der Waals surface area contributed by atoms with E-state index < -0.39 is 90.7 Å². The van der Waals surface area contributed by atoms with Crippen LogP contribution >= 0.6 is 0 Å². The Bertz CT molecular complexity index is 743. The van der Waals surface area contributed by atoms with Crippen LogP contribution in [0.4, 0.5) is 96.6 Å². The van der Waals surface area contributed by atoms with E-state index in [0.29, 0.717) is 0 Å². The molecule has 0 bridgehead atoms. The molecule has 0 rings (SSSR count). The maximum absolute atomic E-state index is 14.2. The van der Waals surface area contributed by atoms with E-state index in [1.807, 2.05) is 0 Å². The second-order valence-electron chi connectivity index (χ2n) is 7.38. The predicted molar refractivity (Wildman–Crippen MR) is 77.9 cm³/mol. The molecule has 0 aliphatic carbocycles. The summed E-state index contributed by atoms with van der Waals surface area (Å²) in [5, 5.41) is 0. The highest BCUT2D eigenvalue weighted by Crippen LogP contribution is 2.62. The lowest BCUT2D eigenvalue weighted by Crippen LogP contribution is -2.76. The Hall–Kier alpha value is -1.58. The van der Waals surface area contributed by atoms with Gasteiger partial charge in [-0.3, -0.25) is 0 Å². The molecule has 0 aromatic rings. The normalized spacial score (nSPS) is 16.4. The lowest BCUT2D eigenvalue weighted by molar-refractivity contribution is -0.480. The zero-order valence-electron chi connectivity index (χ0n) is 17.6. The zero-order valence-corrected chi connectivity index (χ0v) is 17.6. The van der Waals surface area contributed by atoms with Gasteiger partial charge in [-0.25, -0.2) is 0 Å². The van der Waals surface area contributed by atoms with Gasteiger partial charge in [0.2, 0.25) is 0 Å². The third kappa shape index (κ3) is 5.03. The molecule has 0 aromatic heterocycles. The van der Waals surface area contributed by atoms with Crippen LogP contribution in [0, 0.1) is 0 Å². The van der Waals surface area contributed by atoms with Crippen molar-refractivity contribution in [3.05, 3.63) is 0 Å². The molecule has 0 heterocycles. The third-order valence-corrected chi connectivity index (χ3v) is 4.71. The summed E-state index contributed by atoms with van der Waals surface area (Å²) in [5.74, 6) is -50.8. The summed E-state index contributed by atoms with van der Waals surface area (Å²) in [6, 6.07) is -16.4. The molecule has 0 radical (unpaired) electrons. The fourth-order valence-corrected chi connectivity index (χ4v) is 2.44. The first-order valence-corrected chi connectivity index (χ1v) is 9.13. The minimum atomic E-state index is -8.56. The van der Waals surface area contributed by atoms with Gasteiger partial charge < -0.3 is 0 Å². The predicted octanol–water partition coefficient (Wildman–Crippen LogP) is 8.60. The van der Waals surface area contributed by atoms with Crippen LogP contribution in [0.2, 0.25) is 0 Å². The van der Waals surface area contributed by atoms with Gasteiger partial charge in [-0.2, -0.15) is 101 Å². The Kier molecular flexibility index (Phi) is 9.40. The lowest BCUT2D eigenvalue weighted by Gasteiger charge is -2.46. The van der Waals surface area contributed by atoms with E-state index in [0.717, 1.165) is 6.92 Å². The van der Waals surface area contributed by atoms with Crippen molar-refractivity contribution in [2.75, 3.05) is 6.54 Å². The first-order chi connectivity index (χ1) is 16.2. The average Bonchev–Trinajstić information content (AvgIpc) is 2.68. The fraction of sp³-hybridized carbons (Fsp3) is 1.00. The number of unbranched alkanes of at least 4 members (excludes halogenated alkanes) is 2. The molecule has 0 aliphatic rings. The molecule has 0 unspecified atom stereocenters. The van der Waals surface area contributed by atoms with Crippen molar-refractivity contribution in [1.82, 2.24) is 4.90 Å². The van der Waals surface area contributed by atoms with E-state index in [2.05, 4.69) is 0 Å². The molecule has 0 saturated heterocycles. The molecule has 0 spiro atoms. The van der Waals surface area contributed by atoms with Crippen molar-refractivity contribution in [1.29, 1.82) is 0 Å². The van der Waals surface area contributed by atoms with Gasteiger partial charge in [0.05, 0.1) is 0 Å². The van der Waals surface area contributed by atoms with Crippen LogP contribution in [0.15, 0.2) is 0 Å². The molecule has 1 nitrogen and oxygen atoms in total. The van der Waals surface area contributed by atoms with E-state index in [-0.39, 0.29) is 0 Å². The summed E-state index contributed by atoms with van der Waals surface area (Å²) in [7, 11) is 0. The monoisotopic (exact) mass is 623 g/mol. The summed E-state index contributed by atoms with van der Waals surface area (Å²) >= 11 is 0. The summed E-state index contributed by atoms with van der Waals surface area (Å²) in [6.45, 7) is -2.07. The number of hydrogen-bond donors (Lipinski definition) is 0. The fourth-order valence-electron chi connectivity index (χ4n) is 2.44. The number of rotatable bonds is 12. The number of alkyl halides is 22. The Labute approximate surface area is 195 Å². The topological polar surface area (TPSA) is 3.24 Å². The average molecular weight is 623 g/mol. The first-order valence-electron chi connectivity index (χ1n) is 9.13. The molecule has 0 aliphatic heterocycles. The Morgan fingerprint density at radius 3 is 0.842 bits per heavy atom. The molecule has 23 heteroatoms. The van der Waals surface area contributed by atoms with Crippen LogP contribution in [-0.2, 0) is 0 Å².